The van der Waals surface area contributed by atoms with Crippen molar-refractivity contribution in [1.82, 2.24) is 10.2 Å². The van der Waals surface area contributed by atoms with Crippen molar-refractivity contribution in [3.63, 3.8) is 0 Å². The summed E-state index contributed by atoms with van der Waals surface area (Å²) in [6, 6.07) is -0.0762. The van der Waals surface area contributed by atoms with Gasteiger partial charge in [-0.15, -0.1) is 0 Å². The molecule has 2 amide bonds. The number of carboxylic acid groups (broad SMARTS) is 1. The number of rotatable bonds is 8. The number of hydrogen-bond acceptors (Lipinski definition) is 3. The Morgan fingerprint density at radius 3 is 2.53 bits per heavy atom. The molecule has 1 rings (SSSR count). The van der Waals surface area contributed by atoms with Crippen LogP contribution in [-0.4, -0.2) is 53.8 Å². The third kappa shape index (κ3) is 4.38. The summed E-state index contributed by atoms with van der Waals surface area (Å²) in [6.45, 7) is 4.41. The number of hydrogen-bond donors (Lipinski definition) is 2. The van der Waals surface area contributed by atoms with Gasteiger partial charge in [-0.2, -0.15) is 0 Å². The van der Waals surface area contributed by atoms with Gasteiger partial charge in [-0.25, -0.2) is 9.59 Å². The van der Waals surface area contributed by atoms with E-state index in [0.29, 0.717) is 26.0 Å². The van der Waals surface area contributed by atoms with E-state index in [4.69, 9.17) is 4.74 Å². The van der Waals surface area contributed by atoms with Gasteiger partial charge in [-0.05, 0) is 26.2 Å². The molecule has 1 aliphatic carbocycles. The highest BCUT2D eigenvalue weighted by atomic mass is 16.5. The van der Waals surface area contributed by atoms with Crippen LogP contribution in [0.15, 0.2) is 0 Å². The lowest BCUT2D eigenvalue weighted by molar-refractivity contribution is -0.144. The Bertz CT molecular complexity index is 331. The largest absolute Gasteiger partial charge is 0.480 e. The van der Waals surface area contributed by atoms with Crippen molar-refractivity contribution in [2.45, 2.75) is 51.1 Å². The standard InChI is InChI=1S/C13H24N2O4/c1-4-7-13(2,11(16)17)14-12(18)15(8-9-19-3)10-5-6-10/h10H,4-9H2,1-3H3,(H,14,18)(H,16,17). The lowest BCUT2D eigenvalue weighted by Crippen LogP contribution is -2.56. The summed E-state index contributed by atoms with van der Waals surface area (Å²) in [5.41, 5.74) is -1.20. The van der Waals surface area contributed by atoms with E-state index >= 15 is 0 Å². The monoisotopic (exact) mass is 272 g/mol. The molecule has 0 spiro atoms. The average Bonchev–Trinajstić information content (AvgIpc) is 3.14. The van der Waals surface area contributed by atoms with Crippen LogP contribution in [0.25, 0.3) is 0 Å². The number of nitrogens with one attached hydrogen (secondary N) is 1. The average molecular weight is 272 g/mol. The molecule has 0 aliphatic heterocycles. The fourth-order valence-electron chi connectivity index (χ4n) is 2.06. The van der Waals surface area contributed by atoms with Crippen molar-refractivity contribution >= 4 is 12.0 Å². The number of nitrogens with zero attached hydrogens (tertiary/aromatic N) is 1. The van der Waals surface area contributed by atoms with Gasteiger partial charge >= 0.3 is 12.0 Å². The lowest BCUT2D eigenvalue weighted by atomic mass is 9.96. The Balaban J connectivity index is 2.65. The molecule has 0 heterocycles. The van der Waals surface area contributed by atoms with Crippen LogP contribution in [0.2, 0.25) is 0 Å². The first-order chi connectivity index (χ1) is 8.94. The van der Waals surface area contributed by atoms with Crippen LogP contribution in [0.1, 0.15) is 39.5 Å². The molecule has 1 aliphatic rings. The summed E-state index contributed by atoms with van der Waals surface area (Å²) in [4.78, 5) is 25.2. The van der Waals surface area contributed by atoms with Crippen molar-refractivity contribution in [2.24, 2.45) is 0 Å². The van der Waals surface area contributed by atoms with E-state index in [1.807, 2.05) is 6.92 Å². The molecular formula is C13H24N2O4. The molecule has 2 N–H and O–H groups in total. The van der Waals surface area contributed by atoms with Crippen LogP contribution in [0.3, 0.4) is 0 Å². The Morgan fingerprint density at radius 1 is 1.47 bits per heavy atom. The molecule has 1 unspecified atom stereocenters. The van der Waals surface area contributed by atoms with Crippen molar-refractivity contribution in [3.8, 4) is 0 Å². The predicted octanol–water partition coefficient (Wildman–Crippen LogP) is 1.45. The summed E-state index contributed by atoms with van der Waals surface area (Å²) in [6.07, 6.45) is 3.07. The molecule has 0 bridgehead atoms. The van der Waals surface area contributed by atoms with E-state index in [0.717, 1.165) is 12.8 Å². The van der Waals surface area contributed by atoms with Crippen molar-refractivity contribution < 1.29 is 19.4 Å². The van der Waals surface area contributed by atoms with Gasteiger partial charge in [0.05, 0.1) is 6.61 Å². The molecule has 1 atom stereocenters. The fraction of sp³-hybridized carbons (Fsp3) is 0.846. The van der Waals surface area contributed by atoms with Crippen LogP contribution < -0.4 is 5.32 Å². The van der Waals surface area contributed by atoms with E-state index in [2.05, 4.69) is 5.32 Å². The Hall–Kier alpha value is -1.30. The number of ether oxygens (including phenoxy) is 1. The summed E-state index contributed by atoms with van der Waals surface area (Å²) < 4.78 is 4.99. The third-order valence-corrected chi connectivity index (χ3v) is 3.39. The first kappa shape index (κ1) is 15.8. The van der Waals surface area contributed by atoms with Gasteiger partial charge < -0.3 is 20.1 Å². The van der Waals surface area contributed by atoms with Gasteiger partial charge in [0, 0.05) is 19.7 Å². The molecule has 0 saturated heterocycles. The minimum Gasteiger partial charge on any atom is -0.480 e. The summed E-state index contributed by atoms with van der Waals surface area (Å²) in [5.74, 6) is -0.995. The molecule has 110 valence electrons. The van der Waals surface area contributed by atoms with Gasteiger partial charge in [-0.1, -0.05) is 13.3 Å². The molecule has 0 radical (unpaired) electrons. The van der Waals surface area contributed by atoms with Gasteiger partial charge in [0.2, 0.25) is 0 Å². The van der Waals surface area contributed by atoms with Gasteiger partial charge in [0.25, 0.3) is 0 Å². The maximum absolute atomic E-state index is 12.2. The number of carboxylic acids is 1. The minimum absolute atomic E-state index is 0.231. The molecule has 19 heavy (non-hydrogen) atoms. The van der Waals surface area contributed by atoms with Crippen LogP contribution in [0.5, 0.6) is 0 Å². The molecule has 6 nitrogen and oxygen atoms in total. The highest BCUT2D eigenvalue weighted by Gasteiger charge is 2.38. The molecule has 0 aromatic carbocycles. The first-order valence-electron chi connectivity index (χ1n) is 6.75. The van der Waals surface area contributed by atoms with Gasteiger partial charge in [0.15, 0.2) is 0 Å². The minimum atomic E-state index is -1.20. The smallest absolute Gasteiger partial charge is 0.329 e. The van der Waals surface area contributed by atoms with Crippen LogP contribution in [0.4, 0.5) is 4.79 Å². The van der Waals surface area contributed by atoms with E-state index in [1.54, 1.807) is 18.9 Å². The summed E-state index contributed by atoms with van der Waals surface area (Å²) in [5, 5.41) is 11.9. The quantitative estimate of drug-likeness (QED) is 0.701. The zero-order chi connectivity index (χ0) is 14.5. The Kier molecular flexibility index (Phi) is 5.60. The number of methoxy groups -OCH3 is 1. The SMILES string of the molecule is CCCC(C)(NC(=O)N(CCOC)C1CC1)C(=O)O. The first-order valence-corrected chi connectivity index (χ1v) is 6.75. The highest BCUT2D eigenvalue weighted by Crippen LogP contribution is 2.27. The zero-order valence-corrected chi connectivity index (χ0v) is 11.9. The molecule has 6 heteroatoms. The van der Waals surface area contributed by atoms with Crippen LogP contribution in [-0.2, 0) is 9.53 Å². The molecule has 0 aromatic rings. The van der Waals surface area contributed by atoms with Crippen molar-refractivity contribution in [2.75, 3.05) is 20.3 Å². The topological polar surface area (TPSA) is 78.9 Å². The molecule has 0 aromatic heterocycles. The van der Waals surface area contributed by atoms with Crippen LogP contribution >= 0.6 is 0 Å². The highest BCUT2D eigenvalue weighted by molar-refractivity contribution is 5.86. The van der Waals surface area contributed by atoms with Crippen molar-refractivity contribution in [3.05, 3.63) is 0 Å². The summed E-state index contributed by atoms with van der Waals surface area (Å²) in [7, 11) is 1.58. The second-order valence-electron chi connectivity index (χ2n) is 5.23. The van der Waals surface area contributed by atoms with E-state index in [1.165, 1.54) is 0 Å². The molecular weight excluding hydrogens is 248 g/mol. The maximum Gasteiger partial charge on any atom is 0.329 e. The Labute approximate surface area is 114 Å². The Morgan fingerprint density at radius 2 is 2.11 bits per heavy atom. The second kappa shape index (κ2) is 6.75. The third-order valence-electron chi connectivity index (χ3n) is 3.39. The van der Waals surface area contributed by atoms with Crippen LogP contribution in [0, 0.1) is 0 Å². The van der Waals surface area contributed by atoms with Gasteiger partial charge in [-0.3, -0.25) is 0 Å². The molecule has 1 fully saturated rings. The number of urea groups is 1. The molecule has 1 saturated carbocycles. The summed E-state index contributed by atoms with van der Waals surface area (Å²) >= 11 is 0. The predicted molar refractivity (Wildman–Crippen MR) is 71.1 cm³/mol. The number of amides is 2. The van der Waals surface area contributed by atoms with E-state index in [9.17, 15) is 14.7 Å². The maximum atomic E-state index is 12.2. The number of carbonyl (C=O) groups excluding carboxylic acids is 1. The second-order valence-corrected chi connectivity index (χ2v) is 5.23. The lowest BCUT2D eigenvalue weighted by Gasteiger charge is -2.30. The zero-order valence-electron chi connectivity index (χ0n) is 11.9. The fourth-order valence-corrected chi connectivity index (χ4v) is 2.06. The number of carbonyl (C=O) groups is 2. The van der Waals surface area contributed by atoms with E-state index < -0.39 is 11.5 Å². The van der Waals surface area contributed by atoms with E-state index in [-0.39, 0.29) is 12.1 Å². The van der Waals surface area contributed by atoms with Gasteiger partial charge in [0.1, 0.15) is 5.54 Å². The number of aliphatic carboxylic acids is 1. The normalized spacial score (nSPS) is 17.6. The van der Waals surface area contributed by atoms with Crippen molar-refractivity contribution in [1.29, 1.82) is 0 Å².